The van der Waals surface area contributed by atoms with Gasteiger partial charge >= 0.3 is 0 Å². The zero-order valence-electron chi connectivity index (χ0n) is 12.4. The van der Waals surface area contributed by atoms with Gasteiger partial charge in [-0.1, -0.05) is 60.1 Å². The minimum Gasteiger partial charge on any atom is -0.235 e. The lowest BCUT2D eigenvalue weighted by molar-refractivity contribution is 1.42. The summed E-state index contributed by atoms with van der Waals surface area (Å²) < 4.78 is 2.37. The molecular weight excluding hydrogens is 322 g/mol. The summed E-state index contributed by atoms with van der Waals surface area (Å²) in [5, 5.41) is 6.81. The van der Waals surface area contributed by atoms with Crippen molar-refractivity contribution >= 4 is 64.8 Å². The first kappa shape index (κ1) is 13.3. The van der Waals surface area contributed by atoms with Crippen LogP contribution >= 0.6 is 22.9 Å². The van der Waals surface area contributed by atoms with Crippen molar-refractivity contribution in [2.45, 2.75) is 6.92 Å². The van der Waals surface area contributed by atoms with Gasteiger partial charge in [0, 0.05) is 20.9 Å². The highest BCUT2D eigenvalue weighted by Gasteiger charge is 2.15. The van der Waals surface area contributed by atoms with Crippen LogP contribution in [0.25, 0.3) is 41.8 Å². The maximum absolute atomic E-state index is 6.51. The Morgan fingerprint density at radius 1 is 0.870 bits per heavy atom. The molecule has 23 heavy (non-hydrogen) atoms. The van der Waals surface area contributed by atoms with E-state index in [-0.39, 0.29) is 0 Å². The smallest absolute Gasteiger partial charge is 0.147 e. The van der Waals surface area contributed by atoms with Gasteiger partial charge in [-0.15, -0.1) is 11.3 Å². The monoisotopic (exact) mass is 333 g/mol. The lowest BCUT2D eigenvalue weighted by Crippen LogP contribution is -1.83. The van der Waals surface area contributed by atoms with Crippen LogP contribution in [0.4, 0.5) is 0 Å². The fourth-order valence-electron chi connectivity index (χ4n) is 3.34. The Kier molecular flexibility index (Phi) is 2.70. The first-order valence-corrected chi connectivity index (χ1v) is 8.71. The highest BCUT2D eigenvalue weighted by atomic mass is 35.5. The van der Waals surface area contributed by atoms with E-state index in [9.17, 15) is 0 Å². The van der Waals surface area contributed by atoms with Crippen LogP contribution < -0.4 is 0 Å². The van der Waals surface area contributed by atoms with Crippen LogP contribution in [-0.4, -0.2) is 4.98 Å². The summed E-state index contributed by atoms with van der Waals surface area (Å²) in [6.45, 7) is 2.08. The molecule has 0 aliphatic carbocycles. The van der Waals surface area contributed by atoms with Gasteiger partial charge in [-0.3, -0.25) is 0 Å². The van der Waals surface area contributed by atoms with E-state index in [0.717, 1.165) is 10.2 Å². The van der Waals surface area contributed by atoms with Crippen LogP contribution in [-0.2, 0) is 0 Å². The molecule has 0 atom stereocenters. The number of benzene rings is 3. The average molecular weight is 334 g/mol. The van der Waals surface area contributed by atoms with Crippen molar-refractivity contribution in [3.63, 3.8) is 0 Å². The standard InChI is InChI=1S/C20H12ClNS/c1-11-6-8-14-16(10-11)22-20(21)19-17(14)15-9-7-12-4-2-3-5-13(12)18(15)23-19/h2-10H,1H3. The molecular formula is C20H12ClNS. The van der Waals surface area contributed by atoms with Gasteiger partial charge in [0.2, 0.25) is 0 Å². The number of hydrogen-bond donors (Lipinski definition) is 0. The fourth-order valence-corrected chi connectivity index (χ4v) is 4.87. The molecule has 0 saturated carbocycles. The predicted octanol–water partition coefficient (Wildman–Crippen LogP) is 6.72. The molecule has 0 spiro atoms. The lowest BCUT2D eigenvalue weighted by Gasteiger charge is -2.03. The minimum atomic E-state index is 0.600. The Hall–Kier alpha value is -2.16. The lowest BCUT2D eigenvalue weighted by atomic mass is 10.0. The molecule has 0 bridgehead atoms. The molecule has 110 valence electrons. The summed E-state index contributed by atoms with van der Waals surface area (Å²) in [5.74, 6) is 0. The largest absolute Gasteiger partial charge is 0.235 e. The number of nitrogens with zero attached hydrogens (tertiary/aromatic N) is 1. The number of fused-ring (bicyclic) bond motifs is 7. The molecule has 1 nitrogen and oxygen atoms in total. The van der Waals surface area contributed by atoms with Gasteiger partial charge < -0.3 is 0 Å². The molecule has 0 aliphatic heterocycles. The van der Waals surface area contributed by atoms with Gasteiger partial charge in [0.25, 0.3) is 0 Å². The number of aromatic nitrogens is 1. The summed E-state index contributed by atoms with van der Waals surface area (Å²) >= 11 is 8.25. The maximum atomic E-state index is 6.51. The van der Waals surface area contributed by atoms with Crippen molar-refractivity contribution in [2.24, 2.45) is 0 Å². The van der Waals surface area contributed by atoms with Crippen LogP contribution in [0.2, 0.25) is 5.15 Å². The van der Waals surface area contributed by atoms with E-state index in [1.54, 1.807) is 11.3 Å². The third kappa shape index (κ3) is 1.82. The third-order valence-corrected chi connectivity index (χ3v) is 6.04. The second kappa shape index (κ2) is 4.67. The second-order valence-corrected chi connectivity index (χ2v) is 7.27. The Bertz CT molecular complexity index is 1240. The van der Waals surface area contributed by atoms with Gasteiger partial charge in [0.1, 0.15) is 5.15 Å². The van der Waals surface area contributed by atoms with Crippen LogP contribution in [0.15, 0.2) is 54.6 Å². The first-order chi connectivity index (χ1) is 11.2. The number of pyridine rings is 1. The molecule has 5 aromatic rings. The first-order valence-electron chi connectivity index (χ1n) is 7.52. The molecule has 0 radical (unpaired) electrons. The van der Waals surface area contributed by atoms with E-state index in [2.05, 4.69) is 66.5 Å². The van der Waals surface area contributed by atoms with Crippen molar-refractivity contribution in [2.75, 3.05) is 0 Å². The van der Waals surface area contributed by atoms with Crippen molar-refractivity contribution < 1.29 is 0 Å². The summed E-state index contributed by atoms with van der Waals surface area (Å²) in [7, 11) is 0. The molecule has 0 fully saturated rings. The molecule has 2 aromatic heterocycles. The van der Waals surface area contributed by atoms with Crippen molar-refractivity contribution in [3.05, 3.63) is 65.3 Å². The maximum Gasteiger partial charge on any atom is 0.147 e. The van der Waals surface area contributed by atoms with Gasteiger partial charge in [0.15, 0.2) is 0 Å². The summed E-state index contributed by atoms with van der Waals surface area (Å²) in [6.07, 6.45) is 0. The highest BCUT2D eigenvalue weighted by molar-refractivity contribution is 7.27. The van der Waals surface area contributed by atoms with E-state index in [1.807, 2.05) is 0 Å². The Morgan fingerprint density at radius 3 is 2.61 bits per heavy atom. The van der Waals surface area contributed by atoms with Gasteiger partial charge in [-0.2, -0.15) is 0 Å². The van der Waals surface area contributed by atoms with Crippen molar-refractivity contribution in [1.82, 2.24) is 4.98 Å². The fraction of sp³-hybridized carbons (Fsp3) is 0.0500. The van der Waals surface area contributed by atoms with Crippen molar-refractivity contribution in [1.29, 1.82) is 0 Å². The average Bonchev–Trinajstić information content (AvgIpc) is 2.95. The number of halogens is 1. The van der Waals surface area contributed by atoms with E-state index in [4.69, 9.17) is 11.6 Å². The molecule has 5 rings (SSSR count). The number of thiophene rings is 1. The van der Waals surface area contributed by atoms with E-state index >= 15 is 0 Å². The Balaban J connectivity index is 2.10. The second-order valence-electron chi connectivity index (χ2n) is 5.89. The summed E-state index contributed by atoms with van der Waals surface area (Å²) in [5.41, 5.74) is 2.17. The quantitative estimate of drug-likeness (QED) is 0.287. The molecule has 2 heterocycles. The number of aryl methyl sites for hydroxylation is 1. The van der Waals surface area contributed by atoms with E-state index in [0.29, 0.717) is 5.15 Å². The molecule has 0 unspecified atom stereocenters. The zero-order chi connectivity index (χ0) is 15.6. The topological polar surface area (TPSA) is 12.9 Å². The Morgan fingerprint density at radius 2 is 1.70 bits per heavy atom. The molecule has 0 N–H and O–H groups in total. The summed E-state index contributed by atoms with van der Waals surface area (Å²) in [4.78, 5) is 4.62. The highest BCUT2D eigenvalue weighted by Crippen LogP contribution is 2.43. The van der Waals surface area contributed by atoms with Gasteiger partial charge in [-0.25, -0.2) is 4.98 Å². The van der Waals surface area contributed by atoms with Gasteiger partial charge in [0.05, 0.1) is 10.2 Å². The minimum absolute atomic E-state index is 0.600. The zero-order valence-corrected chi connectivity index (χ0v) is 14.0. The van der Waals surface area contributed by atoms with Crippen LogP contribution in [0.5, 0.6) is 0 Å². The predicted molar refractivity (Wildman–Crippen MR) is 102 cm³/mol. The van der Waals surface area contributed by atoms with Gasteiger partial charge in [-0.05, 0) is 29.3 Å². The van der Waals surface area contributed by atoms with Crippen molar-refractivity contribution in [3.8, 4) is 0 Å². The third-order valence-electron chi connectivity index (χ3n) is 4.41. The number of hydrogen-bond acceptors (Lipinski definition) is 2. The molecule has 0 aliphatic rings. The van der Waals surface area contributed by atoms with Crippen LogP contribution in [0.3, 0.4) is 0 Å². The molecule has 0 amide bonds. The Labute approximate surface area is 142 Å². The molecule has 3 heteroatoms. The SMILES string of the molecule is Cc1ccc2c(c1)nc(Cl)c1sc3c4ccccc4ccc3c12. The van der Waals surface area contributed by atoms with E-state index < -0.39 is 0 Å². The normalized spacial score (nSPS) is 11.9. The van der Waals surface area contributed by atoms with E-state index in [1.165, 1.54) is 37.2 Å². The molecule has 0 saturated heterocycles. The van der Waals surface area contributed by atoms with Crippen LogP contribution in [0.1, 0.15) is 5.56 Å². The number of rotatable bonds is 0. The van der Waals surface area contributed by atoms with Crippen LogP contribution in [0, 0.1) is 6.92 Å². The molecule has 3 aromatic carbocycles. The summed E-state index contributed by atoms with van der Waals surface area (Å²) in [6, 6.07) is 19.3.